The Bertz CT molecular complexity index is 335. The van der Waals surface area contributed by atoms with Crippen LogP contribution in [0.25, 0.3) is 0 Å². The van der Waals surface area contributed by atoms with Crippen LogP contribution in [-0.4, -0.2) is 31.6 Å². The number of methoxy groups -OCH3 is 1. The molecule has 1 heterocycles. The van der Waals surface area contributed by atoms with Gasteiger partial charge in [0.25, 0.3) is 0 Å². The maximum absolute atomic E-state index is 5.26. The third-order valence-corrected chi connectivity index (χ3v) is 3.26. The molecule has 1 aliphatic rings. The molecule has 0 atom stereocenters. The van der Waals surface area contributed by atoms with Gasteiger partial charge in [0.1, 0.15) is 5.75 Å². The van der Waals surface area contributed by atoms with Crippen LogP contribution in [0.2, 0.25) is 0 Å². The molecule has 0 saturated carbocycles. The predicted octanol–water partition coefficient (Wildman–Crippen LogP) is 2.12. The molecule has 0 aromatic heterocycles. The maximum atomic E-state index is 5.26. The van der Waals surface area contributed by atoms with Gasteiger partial charge in [-0.25, -0.2) is 0 Å². The fourth-order valence-electron chi connectivity index (χ4n) is 2.19. The van der Waals surface area contributed by atoms with E-state index in [-0.39, 0.29) is 0 Å². The minimum Gasteiger partial charge on any atom is -0.497 e. The van der Waals surface area contributed by atoms with E-state index in [0.717, 1.165) is 18.7 Å². The average Bonchev–Trinajstić information content (AvgIpc) is 2.50. The van der Waals surface area contributed by atoms with Crippen molar-refractivity contribution in [1.29, 1.82) is 0 Å². The summed E-state index contributed by atoms with van der Waals surface area (Å²) in [6.07, 6.45) is 2.33. The fourth-order valence-corrected chi connectivity index (χ4v) is 2.19. The number of likely N-dealkylation sites (N-methyl/N-ethyl adjacent to an activating group) is 1. The monoisotopic (exact) mass is 205 g/mol. The van der Waals surface area contributed by atoms with Crippen LogP contribution in [0.3, 0.4) is 0 Å². The molecule has 0 unspecified atom stereocenters. The quantitative estimate of drug-likeness (QED) is 0.733. The zero-order valence-electron chi connectivity index (χ0n) is 9.62. The van der Waals surface area contributed by atoms with Gasteiger partial charge in [-0.2, -0.15) is 0 Å². The van der Waals surface area contributed by atoms with Crippen molar-refractivity contribution in [2.24, 2.45) is 0 Å². The van der Waals surface area contributed by atoms with Gasteiger partial charge in [-0.1, -0.05) is 13.0 Å². The van der Waals surface area contributed by atoms with Crippen LogP contribution in [0.15, 0.2) is 18.2 Å². The fraction of sp³-hybridized carbons (Fsp3) is 0.538. The van der Waals surface area contributed by atoms with E-state index in [1.54, 1.807) is 7.11 Å². The summed E-state index contributed by atoms with van der Waals surface area (Å²) in [5.74, 6) is 0.985. The first-order valence-electron chi connectivity index (χ1n) is 5.71. The van der Waals surface area contributed by atoms with Gasteiger partial charge >= 0.3 is 0 Å². The molecule has 82 valence electrons. The highest BCUT2D eigenvalue weighted by Gasteiger charge is 2.12. The molecule has 15 heavy (non-hydrogen) atoms. The summed E-state index contributed by atoms with van der Waals surface area (Å²) >= 11 is 0. The second kappa shape index (κ2) is 4.67. The third-order valence-electron chi connectivity index (χ3n) is 3.26. The van der Waals surface area contributed by atoms with Gasteiger partial charge in [0, 0.05) is 13.1 Å². The summed E-state index contributed by atoms with van der Waals surface area (Å²) in [6, 6.07) is 6.47. The van der Waals surface area contributed by atoms with Crippen LogP contribution in [0.4, 0.5) is 0 Å². The molecule has 2 rings (SSSR count). The molecule has 0 amide bonds. The van der Waals surface area contributed by atoms with Crippen molar-refractivity contribution in [3.63, 3.8) is 0 Å². The molecular weight excluding hydrogens is 186 g/mol. The molecule has 2 nitrogen and oxygen atoms in total. The van der Waals surface area contributed by atoms with E-state index in [1.807, 2.05) is 0 Å². The number of nitrogens with zero attached hydrogens (tertiary/aromatic N) is 1. The lowest BCUT2D eigenvalue weighted by Gasteiger charge is -2.16. The van der Waals surface area contributed by atoms with Crippen molar-refractivity contribution in [2.75, 3.05) is 26.7 Å². The Hall–Kier alpha value is -1.02. The molecular formula is C13H19NO. The van der Waals surface area contributed by atoms with E-state index in [2.05, 4.69) is 30.0 Å². The molecule has 0 bridgehead atoms. The highest BCUT2D eigenvalue weighted by Crippen LogP contribution is 2.21. The van der Waals surface area contributed by atoms with Crippen molar-refractivity contribution in [3.8, 4) is 5.75 Å². The molecule has 0 aliphatic carbocycles. The van der Waals surface area contributed by atoms with Crippen LogP contribution in [-0.2, 0) is 12.8 Å². The highest BCUT2D eigenvalue weighted by molar-refractivity contribution is 5.36. The van der Waals surface area contributed by atoms with Crippen molar-refractivity contribution < 1.29 is 4.74 Å². The number of ether oxygens (including phenoxy) is 1. The second-order valence-electron chi connectivity index (χ2n) is 4.07. The molecule has 0 N–H and O–H groups in total. The second-order valence-corrected chi connectivity index (χ2v) is 4.07. The van der Waals surface area contributed by atoms with Crippen molar-refractivity contribution >= 4 is 0 Å². The van der Waals surface area contributed by atoms with E-state index in [0.29, 0.717) is 0 Å². The standard InChI is InChI=1S/C13H19NO/c1-3-14-8-6-11-4-5-13(15-2)10-12(11)7-9-14/h4-5,10H,3,6-9H2,1-2H3. The van der Waals surface area contributed by atoms with Gasteiger partial charge in [0.05, 0.1) is 7.11 Å². The molecule has 0 saturated heterocycles. The van der Waals surface area contributed by atoms with Crippen LogP contribution in [0.1, 0.15) is 18.1 Å². The molecule has 1 aromatic carbocycles. The SMILES string of the molecule is CCN1CCc2ccc(OC)cc2CC1. The molecule has 1 aliphatic heterocycles. The van der Waals surface area contributed by atoms with Gasteiger partial charge in [-0.05, 0) is 42.6 Å². The summed E-state index contributed by atoms with van der Waals surface area (Å²) in [7, 11) is 1.73. The number of hydrogen-bond acceptors (Lipinski definition) is 2. The Morgan fingerprint density at radius 3 is 2.60 bits per heavy atom. The summed E-state index contributed by atoms with van der Waals surface area (Å²) in [4.78, 5) is 2.51. The lowest BCUT2D eigenvalue weighted by Crippen LogP contribution is -2.25. The normalized spacial score (nSPS) is 16.9. The van der Waals surface area contributed by atoms with Gasteiger partial charge in [0.2, 0.25) is 0 Å². The molecule has 1 aromatic rings. The Balaban J connectivity index is 2.20. The van der Waals surface area contributed by atoms with Crippen molar-refractivity contribution in [1.82, 2.24) is 4.90 Å². The van der Waals surface area contributed by atoms with Gasteiger partial charge < -0.3 is 9.64 Å². The number of hydrogen-bond donors (Lipinski definition) is 0. The summed E-state index contributed by atoms with van der Waals surface area (Å²) in [6.45, 7) is 5.76. The lowest BCUT2D eigenvalue weighted by atomic mass is 10.0. The lowest BCUT2D eigenvalue weighted by molar-refractivity contribution is 0.303. The topological polar surface area (TPSA) is 12.5 Å². The Morgan fingerprint density at radius 2 is 1.93 bits per heavy atom. The van der Waals surface area contributed by atoms with Crippen LogP contribution in [0, 0.1) is 0 Å². The Kier molecular flexibility index (Phi) is 3.27. The maximum Gasteiger partial charge on any atom is 0.119 e. The van der Waals surface area contributed by atoms with Crippen molar-refractivity contribution in [3.05, 3.63) is 29.3 Å². The first-order chi connectivity index (χ1) is 7.33. The van der Waals surface area contributed by atoms with E-state index in [1.165, 1.54) is 30.6 Å². The number of fused-ring (bicyclic) bond motifs is 1. The first kappa shape index (κ1) is 10.5. The molecule has 0 spiro atoms. The minimum atomic E-state index is 0.985. The van der Waals surface area contributed by atoms with E-state index >= 15 is 0 Å². The Labute approximate surface area is 91.9 Å². The zero-order valence-corrected chi connectivity index (χ0v) is 9.62. The van der Waals surface area contributed by atoms with Crippen LogP contribution in [0.5, 0.6) is 5.75 Å². The smallest absolute Gasteiger partial charge is 0.119 e. The summed E-state index contributed by atoms with van der Waals surface area (Å²) in [5, 5.41) is 0. The molecule has 0 fully saturated rings. The third kappa shape index (κ3) is 2.32. The zero-order chi connectivity index (χ0) is 10.7. The first-order valence-corrected chi connectivity index (χ1v) is 5.71. The van der Waals surface area contributed by atoms with E-state index in [4.69, 9.17) is 4.74 Å². The van der Waals surface area contributed by atoms with Gasteiger partial charge in [-0.3, -0.25) is 0 Å². The average molecular weight is 205 g/mol. The van der Waals surface area contributed by atoms with Gasteiger partial charge in [0.15, 0.2) is 0 Å². The Morgan fingerprint density at radius 1 is 1.20 bits per heavy atom. The molecule has 0 radical (unpaired) electrons. The van der Waals surface area contributed by atoms with E-state index < -0.39 is 0 Å². The number of benzene rings is 1. The van der Waals surface area contributed by atoms with Crippen molar-refractivity contribution in [2.45, 2.75) is 19.8 Å². The summed E-state index contributed by atoms with van der Waals surface area (Å²) in [5.41, 5.74) is 2.96. The molecule has 2 heteroatoms. The van der Waals surface area contributed by atoms with Crippen LogP contribution < -0.4 is 4.74 Å². The van der Waals surface area contributed by atoms with Gasteiger partial charge in [-0.15, -0.1) is 0 Å². The minimum absolute atomic E-state index is 0.985. The largest absolute Gasteiger partial charge is 0.497 e. The summed E-state index contributed by atoms with van der Waals surface area (Å²) < 4.78 is 5.26. The van der Waals surface area contributed by atoms with Crippen LogP contribution >= 0.6 is 0 Å². The highest BCUT2D eigenvalue weighted by atomic mass is 16.5. The van der Waals surface area contributed by atoms with E-state index in [9.17, 15) is 0 Å². The number of rotatable bonds is 2. The predicted molar refractivity (Wildman–Crippen MR) is 62.5 cm³/mol.